The van der Waals surface area contributed by atoms with Crippen molar-refractivity contribution in [2.75, 3.05) is 19.8 Å². The SMILES string of the molecule is C#CCOC1O[C@H](COCC#CC)[C@@H](OCc2ccccc2)[C@H](OCc2ccccc2)[C@H]1OCc1ccccc1. The fraction of sp³-hybridized carbons (Fsp3) is 0.353. The molecular formula is C34H36O6. The van der Waals surface area contributed by atoms with Crippen LogP contribution < -0.4 is 0 Å². The average molecular weight is 541 g/mol. The van der Waals surface area contributed by atoms with E-state index in [2.05, 4.69) is 17.8 Å². The van der Waals surface area contributed by atoms with Gasteiger partial charge in [-0.25, -0.2) is 0 Å². The maximum absolute atomic E-state index is 6.59. The molecule has 1 saturated heterocycles. The molecule has 3 aromatic carbocycles. The van der Waals surface area contributed by atoms with Crippen molar-refractivity contribution in [3.8, 4) is 24.2 Å². The molecule has 1 aliphatic rings. The second kappa shape index (κ2) is 16.6. The predicted octanol–water partition coefficient (Wildman–Crippen LogP) is 5.16. The Balaban J connectivity index is 1.62. The molecule has 0 spiro atoms. The van der Waals surface area contributed by atoms with Crippen molar-refractivity contribution < 1.29 is 28.4 Å². The maximum atomic E-state index is 6.59. The maximum Gasteiger partial charge on any atom is 0.188 e. The number of hydrogen-bond donors (Lipinski definition) is 0. The molecule has 4 rings (SSSR count). The summed E-state index contributed by atoms with van der Waals surface area (Å²) in [7, 11) is 0. The molecule has 0 aliphatic carbocycles. The first-order valence-electron chi connectivity index (χ1n) is 13.4. The minimum Gasteiger partial charge on any atom is -0.368 e. The zero-order chi connectivity index (χ0) is 27.8. The molecule has 1 unspecified atom stereocenters. The molecule has 1 aliphatic heterocycles. The van der Waals surface area contributed by atoms with Crippen LogP contribution in [0.3, 0.4) is 0 Å². The van der Waals surface area contributed by atoms with Crippen molar-refractivity contribution in [3.05, 3.63) is 108 Å². The van der Waals surface area contributed by atoms with Crippen LogP contribution >= 0.6 is 0 Å². The smallest absolute Gasteiger partial charge is 0.188 e. The average Bonchev–Trinajstić information content (AvgIpc) is 3.01. The van der Waals surface area contributed by atoms with E-state index in [1.54, 1.807) is 6.92 Å². The van der Waals surface area contributed by atoms with Gasteiger partial charge in [-0.2, -0.15) is 0 Å². The molecule has 1 heterocycles. The van der Waals surface area contributed by atoms with Crippen molar-refractivity contribution in [2.45, 2.75) is 57.5 Å². The monoisotopic (exact) mass is 540 g/mol. The van der Waals surface area contributed by atoms with Gasteiger partial charge in [0.05, 0.1) is 26.4 Å². The van der Waals surface area contributed by atoms with Gasteiger partial charge in [0, 0.05) is 0 Å². The van der Waals surface area contributed by atoms with Gasteiger partial charge in [-0.15, -0.1) is 12.3 Å². The Morgan fingerprint density at radius 1 is 0.650 bits per heavy atom. The van der Waals surface area contributed by atoms with Gasteiger partial charge in [-0.1, -0.05) is 103 Å². The normalized spacial score (nSPS) is 22.1. The zero-order valence-electron chi connectivity index (χ0n) is 22.8. The van der Waals surface area contributed by atoms with Crippen LogP contribution in [-0.4, -0.2) is 50.5 Å². The third-order valence-electron chi connectivity index (χ3n) is 6.41. The van der Waals surface area contributed by atoms with E-state index in [-0.39, 0.29) is 19.8 Å². The summed E-state index contributed by atoms with van der Waals surface area (Å²) in [6.45, 7) is 3.42. The van der Waals surface area contributed by atoms with Gasteiger partial charge < -0.3 is 28.4 Å². The Bertz CT molecular complexity index is 1220. The standard InChI is InChI=1S/C34H36O6/c1-3-5-22-35-26-30-31(37-23-27-15-9-6-10-16-27)32(38-24-28-17-11-7-12-18-28)33(34(40-30)36-21-4-2)39-25-29-19-13-8-14-20-29/h2,6-20,30-34H,21-26H2,1H3/t30-,31-,32+,33-,34?/m1/s1. The van der Waals surface area contributed by atoms with Crippen molar-refractivity contribution in [1.29, 1.82) is 0 Å². The minimum atomic E-state index is -0.789. The lowest BCUT2D eigenvalue weighted by Gasteiger charge is -2.45. The van der Waals surface area contributed by atoms with Crippen molar-refractivity contribution >= 4 is 0 Å². The first kappa shape index (κ1) is 29.5. The van der Waals surface area contributed by atoms with Crippen molar-refractivity contribution in [1.82, 2.24) is 0 Å². The number of ether oxygens (including phenoxy) is 6. The summed E-state index contributed by atoms with van der Waals surface area (Å²) >= 11 is 0. The van der Waals surface area contributed by atoms with E-state index in [1.165, 1.54) is 0 Å². The highest BCUT2D eigenvalue weighted by atomic mass is 16.7. The lowest BCUT2D eigenvalue weighted by atomic mass is 9.97. The molecule has 5 atom stereocenters. The van der Waals surface area contributed by atoms with Gasteiger partial charge in [0.25, 0.3) is 0 Å². The van der Waals surface area contributed by atoms with Crippen molar-refractivity contribution in [3.63, 3.8) is 0 Å². The van der Waals surface area contributed by atoms with Crippen LogP contribution in [0.2, 0.25) is 0 Å². The molecule has 0 amide bonds. The molecular weight excluding hydrogens is 504 g/mol. The van der Waals surface area contributed by atoms with E-state index in [4.69, 9.17) is 34.8 Å². The number of benzene rings is 3. The molecule has 0 radical (unpaired) electrons. The molecule has 0 bridgehead atoms. The first-order valence-corrected chi connectivity index (χ1v) is 13.4. The Morgan fingerprint density at radius 2 is 1.15 bits per heavy atom. The first-order chi connectivity index (χ1) is 19.8. The van der Waals surface area contributed by atoms with Gasteiger partial charge in [0.1, 0.15) is 37.6 Å². The molecule has 0 saturated carbocycles. The molecule has 1 fully saturated rings. The van der Waals surface area contributed by atoms with Gasteiger partial charge in [0.2, 0.25) is 0 Å². The van der Waals surface area contributed by atoms with Crippen LogP contribution in [0, 0.1) is 24.2 Å². The summed E-state index contributed by atoms with van der Waals surface area (Å²) in [5.41, 5.74) is 3.09. The Labute approximate surface area is 237 Å². The van der Waals surface area contributed by atoms with Gasteiger partial charge in [-0.05, 0) is 23.6 Å². The fourth-order valence-electron chi connectivity index (χ4n) is 4.44. The highest BCUT2D eigenvalue weighted by molar-refractivity contribution is 5.15. The second-order valence-corrected chi connectivity index (χ2v) is 9.28. The lowest BCUT2D eigenvalue weighted by Crippen LogP contribution is -2.61. The molecule has 40 heavy (non-hydrogen) atoms. The summed E-state index contributed by atoms with van der Waals surface area (Å²) in [4.78, 5) is 0. The fourth-order valence-corrected chi connectivity index (χ4v) is 4.44. The second-order valence-electron chi connectivity index (χ2n) is 9.28. The summed E-state index contributed by atoms with van der Waals surface area (Å²) in [6, 6.07) is 29.9. The summed E-state index contributed by atoms with van der Waals surface area (Å²) < 4.78 is 37.9. The van der Waals surface area contributed by atoms with Gasteiger partial charge in [0.15, 0.2) is 6.29 Å². The highest BCUT2D eigenvalue weighted by Crippen LogP contribution is 2.31. The molecule has 0 aromatic heterocycles. The van der Waals surface area contributed by atoms with E-state index in [9.17, 15) is 0 Å². The van der Waals surface area contributed by atoms with E-state index in [0.29, 0.717) is 19.8 Å². The third-order valence-corrected chi connectivity index (χ3v) is 6.41. The number of rotatable bonds is 14. The predicted molar refractivity (Wildman–Crippen MR) is 153 cm³/mol. The third kappa shape index (κ3) is 9.05. The largest absolute Gasteiger partial charge is 0.368 e. The molecule has 6 heteroatoms. The lowest BCUT2D eigenvalue weighted by molar-refractivity contribution is -0.325. The summed E-state index contributed by atoms with van der Waals surface area (Å²) in [5.74, 6) is 8.31. The topological polar surface area (TPSA) is 55.4 Å². The molecule has 3 aromatic rings. The zero-order valence-corrected chi connectivity index (χ0v) is 22.8. The summed E-state index contributed by atoms with van der Waals surface area (Å²) in [6.07, 6.45) is 2.56. The van der Waals surface area contributed by atoms with Gasteiger partial charge in [-0.3, -0.25) is 0 Å². The highest BCUT2D eigenvalue weighted by Gasteiger charge is 2.49. The Kier molecular flexibility index (Phi) is 12.3. The molecule has 0 N–H and O–H groups in total. The van der Waals surface area contributed by atoms with E-state index in [0.717, 1.165) is 16.7 Å². The van der Waals surface area contributed by atoms with Crippen LogP contribution in [0.4, 0.5) is 0 Å². The summed E-state index contributed by atoms with van der Waals surface area (Å²) in [5, 5.41) is 0. The number of hydrogen-bond acceptors (Lipinski definition) is 6. The van der Waals surface area contributed by atoms with E-state index < -0.39 is 30.7 Å². The number of terminal acetylenes is 1. The Hall–Kier alpha value is -3.46. The Morgan fingerprint density at radius 3 is 1.65 bits per heavy atom. The molecule has 208 valence electrons. The molecule has 6 nitrogen and oxygen atoms in total. The van der Waals surface area contributed by atoms with Crippen LogP contribution in [0.15, 0.2) is 91.0 Å². The van der Waals surface area contributed by atoms with Crippen LogP contribution in [-0.2, 0) is 48.2 Å². The van der Waals surface area contributed by atoms with Crippen molar-refractivity contribution in [2.24, 2.45) is 0 Å². The van der Waals surface area contributed by atoms with Crippen LogP contribution in [0.1, 0.15) is 23.6 Å². The van der Waals surface area contributed by atoms with Gasteiger partial charge >= 0.3 is 0 Å². The minimum absolute atomic E-state index is 0.0612. The quantitative estimate of drug-likeness (QED) is 0.208. The van der Waals surface area contributed by atoms with E-state index >= 15 is 0 Å². The van der Waals surface area contributed by atoms with Crippen LogP contribution in [0.25, 0.3) is 0 Å². The van der Waals surface area contributed by atoms with E-state index in [1.807, 2.05) is 91.0 Å². The van der Waals surface area contributed by atoms with Crippen LogP contribution in [0.5, 0.6) is 0 Å².